The van der Waals surface area contributed by atoms with Crippen LogP contribution in [-0.4, -0.2) is 75.6 Å². The van der Waals surface area contributed by atoms with E-state index in [0.717, 1.165) is 42.8 Å². The van der Waals surface area contributed by atoms with E-state index in [4.69, 9.17) is 47.6 Å². The Morgan fingerprint density at radius 1 is 0.843 bits per heavy atom. The Morgan fingerprint density at radius 2 is 1.49 bits per heavy atom. The van der Waals surface area contributed by atoms with Gasteiger partial charge in [-0.3, -0.25) is 24.6 Å². The SMILES string of the molecule is COc1nc(-c2cccc(-c3cccc(-c4cnc(CN5CCC(c6cccnc6)C5)c(OC)n4)c3Cl)c2Cl)cnc1CNCC1CCC(=O)N1. The second kappa shape index (κ2) is 15.7. The number of hydrogen-bond acceptors (Lipinski definition) is 10. The molecule has 7 rings (SSSR count). The summed E-state index contributed by atoms with van der Waals surface area (Å²) in [6.45, 7) is 3.60. The highest BCUT2D eigenvalue weighted by Gasteiger charge is 2.26. The third kappa shape index (κ3) is 7.67. The van der Waals surface area contributed by atoms with Crippen LogP contribution in [0.25, 0.3) is 33.6 Å². The molecule has 0 bridgehead atoms. The van der Waals surface area contributed by atoms with Crippen LogP contribution in [0.1, 0.15) is 42.1 Å². The van der Waals surface area contributed by atoms with Crippen molar-refractivity contribution in [3.05, 3.63) is 100 Å². The van der Waals surface area contributed by atoms with Crippen molar-refractivity contribution in [2.75, 3.05) is 33.9 Å². The van der Waals surface area contributed by atoms with E-state index in [1.807, 2.05) is 48.7 Å². The molecule has 2 aromatic carbocycles. The average Bonchev–Trinajstić information content (AvgIpc) is 3.81. The molecule has 262 valence electrons. The highest BCUT2D eigenvalue weighted by Crippen LogP contribution is 2.42. The molecule has 0 spiro atoms. The first-order valence-corrected chi connectivity index (χ1v) is 17.7. The summed E-state index contributed by atoms with van der Waals surface area (Å²) in [5.74, 6) is 1.39. The highest BCUT2D eigenvalue weighted by atomic mass is 35.5. The molecule has 51 heavy (non-hydrogen) atoms. The number of nitrogens with one attached hydrogen (secondary N) is 2. The topological polar surface area (TPSA) is 127 Å². The number of halogens is 2. The number of aromatic nitrogens is 5. The molecular formula is C38H38Cl2N8O3. The van der Waals surface area contributed by atoms with Crippen LogP contribution in [0.4, 0.5) is 0 Å². The van der Waals surface area contributed by atoms with E-state index in [0.29, 0.717) is 82.0 Å². The van der Waals surface area contributed by atoms with Crippen LogP contribution < -0.4 is 20.1 Å². The van der Waals surface area contributed by atoms with Crippen molar-refractivity contribution < 1.29 is 14.3 Å². The third-order valence-corrected chi connectivity index (χ3v) is 10.2. The lowest BCUT2D eigenvalue weighted by Gasteiger charge is -2.18. The summed E-state index contributed by atoms with van der Waals surface area (Å²) in [5.41, 5.74) is 6.73. The molecular weight excluding hydrogens is 687 g/mol. The molecule has 5 heterocycles. The summed E-state index contributed by atoms with van der Waals surface area (Å²) in [7, 11) is 3.18. The Balaban J connectivity index is 1.09. The fourth-order valence-corrected chi connectivity index (χ4v) is 7.41. The Kier molecular flexibility index (Phi) is 10.7. The molecule has 2 saturated heterocycles. The van der Waals surface area contributed by atoms with E-state index >= 15 is 0 Å². The second-order valence-electron chi connectivity index (χ2n) is 12.7. The van der Waals surface area contributed by atoms with Gasteiger partial charge in [0.15, 0.2) is 0 Å². The molecule has 2 atom stereocenters. The van der Waals surface area contributed by atoms with Crippen molar-refractivity contribution in [3.8, 4) is 45.4 Å². The predicted molar refractivity (Wildman–Crippen MR) is 197 cm³/mol. The first-order valence-electron chi connectivity index (χ1n) is 16.9. The van der Waals surface area contributed by atoms with E-state index in [2.05, 4.69) is 31.6 Å². The first kappa shape index (κ1) is 34.8. The quantitative estimate of drug-likeness (QED) is 0.150. The van der Waals surface area contributed by atoms with E-state index < -0.39 is 0 Å². The molecule has 1 amide bonds. The molecule has 11 nitrogen and oxygen atoms in total. The van der Waals surface area contributed by atoms with Gasteiger partial charge in [0.25, 0.3) is 0 Å². The zero-order valence-corrected chi connectivity index (χ0v) is 29.9. The van der Waals surface area contributed by atoms with Crippen molar-refractivity contribution in [2.45, 2.75) is 44.3 Å². The Hall–Kier alpha value is -4.68. The monoisotopic (exact) mass is 724 g/mol. The Bertz CT molecular complexity index is 2030. The van der Waals surface area contributed by atoms with Crippen LogP contribution >= 0.6 is 23.2 Å². The lowest BCUT2D eigenvalue weighted by molar-refractivity contribution is -0.119. The molecule has 2 aliphatic heterocycles. The molecule has 2 fully saturated rings. The number of hydrogen-bond donors (Lipinski definition) is 2. The van der Waals surface area contributed by atoms with Gasteiger partial charge in [0.1, 0.15) is 11.4 Å². The summed E-state index contributed by atoms with van der Waals surface area (Å²) in [6.07, 6.45) is 9.64. The summed E-state index contributed by atoms with van der Waals surface area (Å²) >= 11 is 14.2. The lowest BCUT2D eigenvalue weighted by Crippen LogP contribution is -2.35. The van der Waals surface area contributed by atoms with Gasteiger partial charge < -0.3 is 20.1 Å². The maximum atomic E-state index is 11.5. The van der Waals surface area contributed by atoms with Gasteiger partial charge in [-0.1, -0.05) is 65.7 Å². The Morgan fingerprint density at radius 3 is 2.10 bits per heavy atom. The number of methoxy groups -OCH3 is 2. The van der Waals surface area contributed by atoms with E-state index in [9.17, 15) is 4.79 Å². The van der Waals surface area contributed by atoms with Crippen LogP contribution in [0.15, 0.2) is 73.3 Å². The number of carbonyl (C=O) groups excluding carboxylic acids is 1. The van der Waals surface area contributed by atoms with Gasteiger partial charge in [0, 0.05) is 73.3 Å². The van der Waals surface area contributed by atoms with Gasteiger partial charge in [-0.05, 0) is 36.9 Å². The smallest absolute Gasteiger partial charge is 0.237 e. The molecule has 0 aliphatic carbocycles. The van der Waals surface area contributed by atoms with E-state index in [1.54, 1.807) is 32.8 Å². The summed E-state index contributed by atoms with van der Waals surface area (Å²) in [6, 6.07) is 15.7. The lowest BCUT2D eigenvalue weighted by atomic mass is 9.98. The number of nitrogens with zero attached hydrogens (tertiary/aromatic N) is 6. The zero-order valence-electron chi connectivity index (χ0n) is 28.4. The van der Waals surface area contributed by atoms with Gasteiger partial charge in [-0.15, -0.1) is 0 Å². The second-order valence-corrected chi connectivity index (χ2v) is 13.5. The molecule has 0 saturated carbocycles. The van der Waals surface area contributed by atoms with E-state index in [1.165, 1.54) is 5.56 Å². The molecule has 0 radical (unpaired) electrons. The maximum absolute atomic E-state index is 11.5. The predicted octanol–water partition coefficient (Wildman–Crippen LogP) is 6.34. The van der Waals surface area contributed by atoms with Gasteiger partial charge >= 0.3 is 0 Å². The molecule has 2 unspecified atom stereocenters. The van der Waals surface area contributed by atoms with E-state index in [-0.39, 0.29) is 11.9 Å². The number of carbonyl (C=O) groups is 1. The number of rotatable bonds is 12. The van der Waals surface area contributed by atoms with Crippen molar-refractivity contribution in [1.29, 1.82) is 0 Å². The van der Waals surface area contributed by atoms with Gasteiger partial charge in [-0.25, -0.2) is 9.97 Å². The fourth-order valence-electron chi connectivity index (χ4n) is 6.76. The van der Waals surface area contributed by atoms with Crippen molar-refractivity contribution in [1.82, 2.24) is 40.5 Å². The molecule has 13 heteroatoms. The first-order chi connectivity index (χ1) is 24.9. The normalized spacial score (nSPS) is 17.5. The minimum absolute atomic E-state index is 0.0859. The van der Waals surface area contributed by atoms with Crippen LogP contribution in [0, 0.1) is 0 Å². The van der Waals surface area contributed by atoms with Gasteiger partial charge in [0.2, 0.25) is 17.7 Å². The average molecular weight is 726 g/mol. The minimum Gasteiger partial charge on any atom is -0.480 e. The largest absolute Gasteiger partial charge is 0.480 e. The van der Waals surface area contributed by atoms with Gasteiger partial charge in [0.05, 0.1) is 48.0 Å². The number of pyridine rings is 1. The minimum atomic E-state index is 0.0859. The number of ether oxygens (including phenoxy) is 2. The summed E-state index contributed by atoms with van der Waals surface area (Å²) in [5, 5.41) is 7.26. The van der Waals surface area contributed by atoms with Crippen LogP contribution in [0.2, 0.25) is 10.0 Å². The number of amides is 1. The fraction of sp³-hybridized carbons (Fsp3) is 0.316. The third-order valence-electron chi connectivity index (χ3n) is 9.42. The van der Waals surface area contributed by atoms with Crippen molar-refractivity contribution >= 4 is 29.1 Å². The highest BCUT2D eigenvalue weighted by molar-refractivity contribution is 6.39. The zero-order chi connectivity index (χ0) is 35.3. The standard InChI is InChI=1S/C38H38Cl2N8O3/c1-50-37-32(18-42-17-25-11-12-34(49)45-25)43-19-30(46-37)28-9-3-7-26(35(28)39)27-8-4-10-29(36(27)40)31-20-44-33(38(47-31)51-2)22-48-15-13-24(21-48)23-6-5-14-41-16-23/h3-10,14,16,19-20,24-25,42H,11-13,15,17-18,21-22H2,1-2H3,(H,45,49). The Labute approximate surface area is 306 Å². The van der Waals surface area contributed by atoms with Crippen molar-refractivity contribution in [2.24, 2.45) is 0 Å². The number of benzene rings is 2. The van der Waals surface area contributed by atoms with Crippen LogP contribution in [-0.2, 0) is 17.9 Å². The van der Waals surface area contributed by atoms with Gasteiger partial charge in [-0.2, -0.15) is 0 Å². The molecule has 2 aliphatic rings. The molecule has 2 N–H and O–H groups in total. The molecule has 3 aromatic heterocycles. The van der Waals surface area contributed by atoms with Crippen LogP contribution in [0.3, 0.4) is 0 Å². The van der Waals surface area contributed by atoms with Crippen LogP contribution in [0.5, 0.6) is 11.8 Å². The maximum Gasteiger partial charge on any atom is 0.237 e. The molecule has 5 aromatic rings. The summed E-state index contributed by atoms with van der Waals surface area (Å²) in [4.78, 5) is 37.2. The summed E-state index contributed by atoms with van der Waals surface area (Å²) < 4.78 is 11.3. The van der Waals surface area contributed by atoms with Crippen molar-refractivity contribution in [3.63, 3.8) is 0 Å². The number of likely N-dealkylation sites (tertiary alicyclic amines) is 1.